The lowest BCUT2D eigenvalue weighted by Gasteiger charge is -2.05. The molecule has 0 bridgehead atoms. The second-order valence-electron chi connectivity index (χ2n) is 1.68. The predicted octanol–water partition coefficient (Wildman–Crippen LogP) is 0.867. The Morgan fingerprint density at radius 1 is 1.50 bits per heavy atom. The third-order valence-electron chi connectivity index (χ3n) is 0.487. The highest BCUT2D eigenvalue weighted by Crippen LogP contribution is 1.80. The SMILES string of the molecule is CCONOC(C)C. The Kier molecular flexibility index (Phi) is 4.95. The van der Waals surface area contributed by atoms with Gasteiger partial charge in [0, 0.05) is 0 Å². The van der Waals surface area contributed by atoms with Crippen molar-refractivity contribution >= 4 is 0 Å². The molecule has 0 spiro atoms. The Balaban J connectivity index is 2.72. The van der Waals surface area contributed by atoms with E-state index in [1.807, 2.05) is 20.8 Å². The molecule has 0 fully saturated rings. The zero-order valence-electron chi connectivity index (χ0n) is 5.60. The number of rotatable bonds is 4. The molecule has 0 atom stereocenters. The monoisotopic (exact) mass is 119 g/mol. The van der Waals surface area contributed by atoms with Crippen molar-refractivity contribution in [2.75, 3.05) is 6.61 Å². The summed E-state index contributed by atoms with van der Waals surface area (Å²) in [6.45, 7) is 6.35. The summed E-state index contributed by atoms with van der Waals surface area (Å²) in [5.74, 6) is 0. The maximum absolute atomic E-state index is 4.81. The summed E-state index contributed by atoms with van der Waals surface area (Å²) in [5, 5.41) is 0. The van der Waals surface area contributed by atoms with Crippen LogP contribution in [0.4, 0.5) is 0 Å². The molecule has 0 saturated carbocycles. The van der Waals surface area contributed by atoms with Gasteiger partial charge in [-0.15, -0.1) is 0 Å². The average Bonchev–Trinajstić information content (AvgIpc) is 1.66. The number of nitrogens with one attached hydrogen (secondary N) is 1. The molecule has 0 radical (unpaired) electrons. The van der Waals surface area contributed by atoms with Gasteiger partial charge in [-0.2, -0.15) is 0 Å². The molecule has 0 aromatic heterocycles. The standard InChI is InChI=1S/C5H13NO2/c1-4-7-6-8-5(2)3/h5-6H,4H2,1-3H3. The van der Waals surface area contributed by atoms with Crippen molar-refractivity contribution in [3.8, 4) is 0 Å². The molecule has 0 unspecified atom stereocenters. The molecule has 0 aliphatic rings. The molecule has 3 heteroatoms. The Hall–Kier alpha value is -0.120. The summed E-state index contributed by atoms with van der Waals surface area (Å²) in [4.78, 5) is 9.48. The summed E-state index contributed by atoms with van der Waals surface area (Å²) < 4.78 is 0. The van der Waals surface area contributed by atoms with Gasteiger partial charge >= 0.3 is 0 Å². The summed E-state index contributed by atoms with van der Waals surface area (Å²) in [6.07, 6.45) is 0.168. The molecule has 0 aliphatic heterocycles. The maximum atomic E-state index is 4.81. The molecule has 0 aromatic rings. The first-order chi connectivity index (χ1) is 3.77. The van der Waals surface area contributed by atoms with Crippen LogP contribution in [0.15, 0.2) is 0 Å². The number of hydrogen-bond acceptors (Lipinski definition) is 3. The van der Waals surface area contributed by atoms with Crippen LogP contribution in [0, 0.1) is 0 Å². The Morgan fingerprint density at radius 3 is 2.50 bits per heavy atom. The fraction of sp³-hybridized carbons (Fsp3) is 1.00. The van der Waals surface area contributed by atoms with Gasteiger partial charge in [0.2, 0.25) is 0 Å². The van der Waals surface area contributed by atoms with Gasteiger partial charge in [-0.25, -0.2) is 0 Å². The van der Waals surface area contributed by atoms with E-state index in [9.17, 15) is 0 Å². The molecular formula is C5H13NO2. The zero-order valence-corrected chi connectivity index (χ0v) is 5.60. The molecule has 3 nitrogen and oxygen atoms in total. The molecule has 0 aliphatic carbocycles. The Morgan fingerprint density at radius 2 is 2.12 bits per heavy atom. The van der Waals surface area contributed by atoms with Gasteiger partial charge in [-0.1, -0.05) is 5.64 Å². The van der Waals surface area contributed by atoms with Gasteiger partial charge in [0.05, 0.1) is 12.7 Å². The smallest absolute Gasteiger partial charge is 0.0761 e. The van der Waals surface area contributed by atoms with E-state index in [4.69, 9.17) is 4.84 Å². The van der Waals surface area contributed by atoms with Crippen LogP contribution in [0.25, 0.3) is 0 Å². The fourth-order valence-electron chi connectivity index (χ4n) is 0.189. The van der Waals surface area contributed by atoms with Crippen molar-refractivity contribution in [1.82, 2.24) is 5.64 Å². The van der Waals surface area contributed by atoms with Gasteiger partial charge in [0.25, 0.3) is 0 Å². The second kappa shape index (κ2) is 5.03. The van der Waals surface area contributed by atoms with Crippen LogP contribution in [0.3, 0.4) is 0 Å². The van der Waals surface area contributed by atoms with Crippen molar-refractivity contribution in [3.05, 3.63) is 0 Å². The fourth-order valence-corrected chi connectivity index (χ4v) is 0.189. The largest absolute Gasteiger partial charge is 0.277 e. The lowest BCUT2D eigenvalue weighted by molar-refractivity contribution is -0.187. The van der Waals surface area contributed by atoms with Crippen molar-refractivity contribution < 1.29 is 9.68 Å². The van der Waals surface area contributed by atoms with E-state index in [2.05, 4.69) is 10.5 Å². The minimum absolute atomic E-state index is 0.168. The van der Waals surface area contributed by atoms with Crippen LogP contribution < -0.4 is 5.64 Å². The molecule has 0 aromatic carbocycles. The highest BCUT2D eigenvalue weighted by atomic mass is 16.9. The number of hydrogen-bond donors (Lipinski definition) is 1. The molecule has 0 saturated heterocycles. The normalized spacial score (nSPS) is 10.5. The van der Waals surface area contributed by atoms with Crippen LogP contribution in [0.5, 0.6) is 0 Å². The van der Waals surface area contributed by atoms with E-state index >= 15 is 0 Å². The Bertz CT molecular complexity index is 47.7. The maximum Gasteiger partial charge on any atom is 0.0761 e. The van der Waals surface area contributed by atoms with Crippen LogP contribution in [0.2, 0.25) is 0 Å². The second-order valence-corrected chi connectivity index (χ2v) is 1.68. The van der Waals surface area contributed by atoms with Crippen molar-refractivity contribution in [2.45, 2.75) is 26.9 Å². The molecule has 0 heterocycles. The molecule has 8 heavy (non-hydrogen) atoms. The minimum Gasteiger partial charge on any atom is -0.277 e. The van der Waals surface area contributed by atoms with E-state index < -0.39 is 0 Å². The molecule has 0 amide bonds. The molecule has 1 N–H and O–H groups in total. The van der Waals surface area contributed by atoms with E-state index in [-0.39, 0.29) is 6.10 Å². The third kappa shape index (κ3) is 5.88. The van der Waals surface area contributed by atoms with Gasteiger partial charge in [-0.05, 0) is 20.8 Å². The first-order valence-corrected chi connectivity index (χ1v) is 2.79. The lowest BCUT2D eigenvalue weighted by atomic mass is 10.5. The van der Waals surface area contributed by atoms with Crippen molar-refractivity contribution in [2.24, 2.45) is 0 Å². The Labute approximate surface area is 49.9 Å². The zero-order chi connectivity index (χ0) is 6.41. The lowest BCUT2D eigenvalue weighted by Crippen LogP contribution is -2.19. The molecular weight excluding hydrogens is 106 g/mol. The van der Waals surface area contributed by atoms with Gasteiger partial charge in [0.15, 0.2) is 0 Å². The van der Waals surface area contributed by atoms with Crippen molar-refractivity contribution in [3.63, 3.8) is 0 Å². The average molecular weight is 119 g/mol. The molecule has 50 valence electrons. The van der Waals surface area contributed by atoms with Crippen LogP contribution in [-0.2, 0) is 9.68 Å². The van der Waals surface area contributed by atoms with Crippen molar-refractivity contribution in [1.29, 1.82) is 0 Å². The van der Waals surface area contributed by atoms with Crippen LogP contribution in [0.1, 0.15) is 20.8 Å². The summed E-state index contributed by atoms with van der Waals surface area (Å²) >= 11 is 0. The van der Waals surface area contributed by atoms with Crippen LogP contribution in [-0.4, -0.2) is 12.7 Å². The molecule has 0 rings (SSSR count). The highest BCUT2D eigenvalue weighted by molar-refractivity contribution is 4.26. The van der Waals surface area contributed by atoms with Gasteiger partial charge in [0.1, 0.15) is 0 Å². The predicted molar refractivity (Wildman–Crippen MR) is 31.0 cm³/mol. The first-order valence-electron chi connectivity index (χ1n) is 2.79. The van der Waals surface area contributed by atoms with E-state index in [0.29, 0.717) is 6.61 Å². The summed E-state index contributed by atoms with van der Waals surface area (Å²) in [7, 11) is 0. The van der Waals surface area contributed by atoms with E-state index in [0.717, 1.165) is 0 Å². The van der Waals surface area contributed by atoms with Gasteiger partial charge in [-0.3, -0.25) is 9.68 Å². The summed E-state index contributed by atoms with van der Waals surface area (Å²) in [5.41, 5.74) is 2.33. The highest BCUT2D eigenvalue weighted by Gasteiger charge is 1.88. The summed E-state index contributed by atoms with van der Waals surface area (Å²) in [6, 6.07) is 0. The topological polar surface area (TPSA) is 30.5 Å². The third-order valence-corrected chi connectivity index (χ3v) is 0.487. The minimum atomic E-state index is 0.168. The van der Waals surface area contributed by atoms with Gasteiger partial charge < -0.3 is 0 Å². The quantitative estimate of drug-likeness (QED) is 0.440. The van der Waals surface area contributed by atoms with E-state index in [1.54, 1.807) is 0 Å². The van der Waals surface area contributed by atoms with E-state index in [1.165, 1.54) is 0 Å². The first kappa shape index (κ1) is 7.88. The van der Waals surface area contributed by atoms with Crippen LogP contribution >= 0.6 is 0 Å².